The lowest BCUT2D eigenvalue weighted by molar-refractivity contribution is 0.979. The van der Waals surface area contributed by atoms with Crippen LogP contribution in [0.3, 0.4) is 0 Å². The van der Waals surface area contributed by atoms with Gasteiger partial charge in [-0.3, -0.25) is 0 Å². The molecular formula is C9H12. The number of allylic oxidation sites excluding steroid dienone is 6. The fraction of sp³-hybridized carbons (Fsp3) is 0.333. The van der Waals surface area contributed by atoms with Gasteiger partial charge in [-0.1, -0.05) is 36.0 Å². The van der Waals surface area contributed by atoms with Gasteiger partial charge in [-0.25, -0.2) is 0 Å². The summed E-state index contributed by atoms with van der Waals surface area (Å²) in [4.78, 5) is 0. The Hall–Kier alpha value is -0.780. The van der Waals surface area contributed by atoms with Crippen molar-refractivity contribution in [1.29, 1.82) is 0 Å². The SMILES string of the molecule is CC=C(C)C1C=CC=C1. The van der Waals surface area contributed by atoms with Crippen molar-refractivity contribution in [3.63, 3.8) is 0 Å². The van der Waals surface area contributed by atoms with Crippen molar-refractivity contribution in [1.82, 2.24) is 0 Å². The van der Waals surface area contributed by atoms with Crippen LogP contribution in [-0.4, -0.2) is 0 Å². The monoisotopic (exact) mass is 120 g/mol. The Kier molecular flexibility index (Phi) is 1.88. The van der Waals surface area contributed by atoms with Crippen LogP contribution in [0, 0.1) is 5.92 Å². The standard InChI is InChI=1S/C9H12/c1-3-8(2)9-6-4-5-7-9/h3-7,9H,1-2H3. The van der Waals surface area contributed by atoms with Gasteiger partial charge in [0.25, 0.3) is 0 Å². The van der Waals surface area contributed by atoms with Crippen molar-refractivity contribution >= 4 is 0 Å². The second kappa shape index (κ2) is 2.67. The van der Waals surface area contributed by atoms with E-state index >= 15 is 0 Å². The summed E-state index contributed by atoms with van der Waals surface area (Å²) in [5, 5.41) is 0. The summed E-state index contributed by atoms with van der Waals surface area (Å²) < 4.78 is 0. The van der Waals surface area contributed by atoms with Crippen molar-refractivity contribution in [2.75, 3.05) is 0 Å². The lowest BCUT2D eigenvalue weighted by Gasteiger charge is -2.02. The van der Waals surface area contributed by atoms with E-state index in [0.29, 0.717) is 5.92 Å². The van der Waals surface area contributed by atoms with Crippen molar-refractivity contribution < 1.29 is 0 Å². The zero-order valence-corrected chi connectivity index (χ0v) is 5.96. The molecule has 0 bridgehead atoms. The van der Waals surface area contributed by atoms with Crippen LogP contribution >= 0.6 is 0 Å². The minimum absolute atomic E-state index is 0.579. The smallest absolute Gasteiger partial charge is 0.0160 e. The Morgan fingerprint density at radius 3 is 2.33 bits per heavy atom. The predicted molar refractivity (Wildman–Crippen MR) is 41.2 cm³/mol. The molecule has 0 nitrogen and oxygen atoms in total. The molecule has 0 atom stereocenters. The number of hydrogen-bond acceptors (Lipinski definition) is 0. The third-order valence-corrected chi connectivity index (χ3v) is 1.73. The van der Waals surface area contributed by atoms with E-state index in [9.17, 15) is 0 Å². The molecule has 0 saturated heterocycles. The summed E-state index contributed by atoms with van der Waals surface area (Å²) in [7, 11) is 0. The highest BCUT2D eigenvalue weighted by molar-refractivity contribution is 5.27. The fourth-order valence-corrected chi connectivity index (χ4v) is 0.928. The van der Waals surface area contributed by atoms with Gasteiger partial charge < -0.3 is 0 Å². The summed E-state index contributed by atoms with van der Waals surface area (Å²) >= 11 is 0. The van der Waals surface area contributed by atoms with Crippen LogP contribution in [0.1, 0.15) is 13.8 Å². The largest absolute Gasteiger partial charge is 0.0878 e. The van der Waals surface area contributed by atoms with E-state index in [1.54, 1.807) is 0 Å². The van der Waals surface area contributed by atoms with Gasteiger partial charge in [-0.2, -0.15) is 0 Å². The van der Waals surface area contributed by atoms with Crippen LogP contribution in [0.4, 0.5) is 0 Å². The average Bonchev–Trinajstić information content (AvgIpc) is 2.37. The van der Waals surface area contributed by atoms with Crippen molar-refractivity contribution in [2.24, 2.45) is 5.92 Å². The minimum atomic E-state index is 0.579. The number of rotatable bonds is 1. The first kappa shape index (κ1) is 6.34. The minimum Gasteiger partial charge on any atom is -0.0878 e. The third kappa shape index (κ3) is 1.32. The summed E-state index contributed by atoms with van der Waals surface area (Å²) in [5.74, 6) is 0.579. The van der Waals surface area contributed by atoms with E-state index in [2.05, 4.69) is 44.2 Å². The van der Waals surface area contributed by atoms with Gasteiger partial charge >= 0.3 is 0 Å². The van der Waals surface area contributed by atoms with Crippen molar-refractivity contribution in [3.05, 3.63) is 36.0 Å². The lowest BCUT2D eigenvalue weighted by atomic mass is 10.0. The lowest BCUT2D eigenvalue weighted by Crippen LogP contribution is -1.88. The molecule has 0 radical (unpaired) electrons. The maximum atomic E-state index is 2.20. The fourth-order valence-electron chi connectivity index (χ4n) is 0.928. The molecule has 0 aromatic heterocycles. The molecular weight excluding hydrogens is 108 g/mol. The molecule has 0 spiro atoms. The van der Waals surface area contributed by atoms with Gasteiger partial charge in [-0.05, 0) is 13.8 Å². The maximum Gasteiger partial charge on any atom is 0.0160 e. The van der Waals surface area contributed by atoms with E-state index in [1.165, 1.54) is 5.57 Å². The molecule has 0 heterocycles. The van der Waals surface area contributed by atoms with Crippen LogP contribution in [0.25, 0.3) is 0 Å². The van der Waals surface area contributed by atoms with Crippen molar-refractivity contribution in [2.45, 2.75) is 13.8 Å². The first-order valence-electron chi connectivity index (χ1n) is 3.32. The van der Waals surface area contributed by atoms with Gasteiger partial charge in [0.1, 0.15) is 0 Å². The average molecular weight is 120 g/mol. The normalized spacial score (nSPS) is 19.6. The first-order valence-corrected chi connectivity index (χ1v) is 3.32. The highest BCUT2D eigenvalue weighted by Gasteiger charge is 2.02. The molecule has 9 heavy (non-hydrogen) atoms. The van der Waals surface area contributed by atoms with E-state index in [-0.39, 0.29) is 0 Å². The Morgan fingerprint density at radius 1 is 1.33 bits per heavy atom. The Balaban J connectivity index is 2.64. The molecule has 0 unspecified atom stereocenters. The van der Waals surface area contributed by atoms with Crippen LogP contribution in [0.5, 0.6) is 0 Å². The maximum absolute atomic E-state index is 2.20. The highest BCUT2D eigenvalue weighted by Crippen LogP contribution is 2.17. The Labute approximate surface area is 56.6 Å². The van der Waals surface area contributed by atoms with Gasteiger partial charge in [-0.15, -0.1) is 0 Å². The van der Waals surface area contributed by atoms with E-state index in [0.717, 1.165) is 0 Å². The van der Waals surface area contributed by atoms with Gasteiger partial charge in [0.15, 0.2) is 0 Å². The van der Waals surface area contributed by atoms with E-state index in [1.807, 2.05) is 0 Å². The van der Waals surface area contributed by atoms with E-state index < -0.39 is 0 Å². The molecule has 1 aliphatic carbocycles. The molecule has 0 amide bonds. The summed E-state index contributed by atoms with van der Waals surface area (Å²) in [6, 6.07) is 0. The summed E-state index contributed by atoms with van der Waals surface area (Å²) in [6.45, 7) is 4.24. The third-order valence-electron chi connectivity index (χ3n) is 1.73. The highest BCUT2D eigenvalue weighted by atomic mass is 14.1. The van der Waals surface area contributed by atoms with Gasteiger partial charge in [0.05, 0.1) is 0 Å². The molecule has 0 heteroatoms. The Bertz CT molecular complexity index is 158. The Morgan fingerprint density at radius 2 is 1.89 bits per heavy atom. The van der Waals surface area contributed by atoms with Gasteiger partial charge in [0.2, 0.25) is 0 Å². The molecule has 1 rings (SSSR count). The van der Waals surface area contributed by atoms with Gasteiger partial charge in [0, 0.05) is 5.92 Å². The summed E-state index contributed by atoms with van der Waals surface area (Å²) in [5.41, 5.74) is 1.43. The topological polar surface area (TPSA) is 0 Å². The second-order valence-electron chi connectivity index (χ2n) is 2.33. The van der Waals surface area contributed by atoms with Crippen LogP contribution < -0.4 is 0 Å². The van der Waals surface area contributed by atoms with Crippen LogP contribution in [0.15, 0.2) is 36.0 Å². The zero-order valence-electron chi connectivity index (χ0n) is 5.96. The zero-order chi connectivity index (χ0) is 6.69. The molecule has 0 aromatic rings. The number of hydrogen-bond donors (Lipinski definition) is 0. The molecule has 0 aliphatic heterocycles. The molecule has 0 N–H and O–H groups in total. The van der Waals surface area contributed by atoms with Crippen LogP contribution in [-0.2, 0) is 0 Å². The molecule has 0 aromatic carbocycles. The first-order chi connectivity index (χ1) is 4.34. The van der Waals surface area contributed by atoms with E-state index in [4.69, 9.17) is 0 Å². The quantitative estimate of drug-likeness (QED) is 0.467. The molecule has 0 fully saturated rings. The second-order valence-corrected chi connectivity index (χ2v) is 2.33. The van der Waals surface area contributed by atoms with Crippen LogP contribution in [0.2, 0.25) is 0 Å². The predicted octanol–water partition coefficient (Wildman–Crippen LogP) is 2.69. The molecule has 0 saturated carbocycles. The molecule has 48 valence electrons. The summed E-state index contributed by atoms with van der Waals surface area (Å²) in [6.07, 6.45) is 10.8. The van der Waals surface area contributed by atoms with Crippen molar-refractivity contribution in [3.8, 4) is 0 Å². The molecule has 1 aliphatic rings.